The Bertz CT molecular complexity index is 9320. The van der Waals surface area contributed by atoms with Gasteiger partial charge in [0.1, 0.15) is 16.6 Å². The van der Waals surface area contributed by atoms with Gasteiger partial charge in [0.05, 0.1) is 66.2 Å². The zero-order valence-electron chi connectivity index (χ0n) is 61.5. The fourth-order valence-corrected chi connectivity index (χ4v) is 22.9. The summed E-state index contributed by atoms with van der Waals surface area (Å²) in [6.07, 6.45) is 0. The van der Waals surface area contributed by atoms with Crippen molar-refractivity contribution in [3.8, 4) is 33.4 Å². The molecule has 12 heterocycles. The molecule has 0 N–H and O–H groups in total. The first kappa shape index (κ1) is 62.9. The van der Waals surface area contributed by atoms with Crippen molar-refractivity contribution in [3.05, 3.63) is 334 Å². The molecule has 534 valence electrons. The van der Waals surface area contributed by atoms with Gasteiger partial charge >= 0.3 is 0 Å². The van der Waals surface area contributed by atoms with E-state index in [9.17, 15) is 0 Å². The van der Waals surface area contributed by atoms with Crippen LogP contribution in [0.15, 0.2) is 334 Å². The molecule has 116 heavy (non-hydrogen) atoms. The average Bonchev–Trinajstić information content (AvgIpc) is 1.53. The predicted octanol–water partition coefficient (Wildman–Crippen LogP) is 28.8. The second-order valence-electron chi connectivity index (χ2n) is 30.7. The van der Waals surface area contributed by atoms with Crippen LogP contribution in [0.2, 0.25) is 0 Å². The smallest absolute Gasteiger partial charge is 0.165 e. The maximum atomic E-state index is 5.23. The standard InChI is InChI=1S/2C36H19N3S.C32H17N3S/c1-2-10-22-20(8-1)9-7-12-23(22)21-16-17-29-25(18-21)26-19-31-32(24-11-3-6-15-30(24)40-31)33-34-36(39(29)35(26)33)38-28-14-5-4-13-27(28)37-34;1-2-8-21-17-22(14-13-20(21)7-1)23-15-16-29-25(18-23)26-19-31-32(24-9-3-6-12-30(24)40-31)33-34-36(39(29)35(26)33)38-28-11-5-4-10-27(28)37-34;1-2-8-18(9-3-1)19-14-15-25-21(16-19)22-17-27-28(20-10-4-7-13-26(20)36-27)29-30-32(35(25)31(22)29)34-24-12-6-5-11-23(24)33-30/h2*1-19H;1-17H. The van der Waals surface area contributed by atoms with E-state index in [0.717, 1.165) is 66.6 Å². The second kappa shape index (κ2) is 23.5. The van der Waals surface area contributed by atoms with E-state index in [1.165, 1.54) is 197 Å². The Balaban J connectivity index is 0.0000000933. The highest BCUT2D eigenvalue weighted by Crippen LogP contribution is 2.52. The molecule has 12 aromatic heterocycles. The van der Waals surface area contributed by atoms with Crippen molar-refractivity contribution < 1.29 is 0 Å². The molecule has 0 bridgehead atoms. The first-order chi connectivity index (χ1) is 57.5. The Kier molecular flexibility index (Phi) is 12.7. The van der Waals surface area contributed by atoms with Crippen LogP contribution in [0.25, 0.3) is 264 Å². The molecular formula is C104H55N9S3. The van der Waals surface area contributed by atoms with Crippen molar-refractivity contribution in [2.45, 2.75) is 0 Å². The Morgan fingerprint density at radius 3 is 0.983 bits per heavy atom. The van der Waals surface area contributed by atoms with Gasteiger partial charge in [-0.3, -0.25) is 13.2 Å². The van der Waals surface area contributed by atoms with Gasteiger partial charge in [-0.05, 0) is 170 Å². The Hall–Kier alpha value is -14.7. The Morgan fingerprint density at radius 1 is 0.190 bits per heavy atom. The number of hydrogen-bond donors (Lipinski definition) is 0. The highest BCUT2D eigenvalue weighted by Gasteiger charge is 2.29. The Morgan fingerprint density at radius 2 is 0.526 bits per heavy atom. The minimum Gasteiger partial charge on any atom is -0.291 e. The summed E-state index contributed by atoms with van der Waals surface area (Å²) in [5, 5.41) is 24.0. The molecule has 0 atom stereocenters. The van der Waals surface area contributed by atoms with Crippen LogP contribution in [-0.2, 0) is 0 Å². The molecule has 0 spiro atoms. The first-order valence-corrected chi connectivity index (χ1v) is 41.6. The number of hydrogen-bond acceptors (Lipinski definition) is 9. The molecular weight excluding hydrogens is 1470 g/mol. The van der Waals surface area contributed by atoms with Gasteiger partial charge < -0.3 is 0 Å². The van der Waals surface area contributed by atoms with Gasteiger partial charge in [0.2, 0.25) is 0 Å². The molecule has 0 unspecified atom stereocenters. The van der Waals surface area contributed by atoms with Gasteiger partial charge in [0.25, 0.3) is 0 Å². The van der Waals surface area contributed by atoms with E-state index in [1.54, 1.807) is 0 Å². The summed E-state index contributed by atoms with van der Waals surface area (Å²) < 4.78 is 14.8. The van der Waals surface area contributed by atoms with Crippen LogP contribution in [0, 0.1) is 0 Å². The van der Waals surface area contributed by atoms with E-state index >= 15 is 0 Å². The molecule has 9 nitrogen and oxygen atoms in total. The lowest BCUT2D eigenvalue weighted by molar-refractivity contribution is 1.28. The zero-order chi connectivity index (χ0) is 75.3. The van der Waals surface area contributed by atoms with Crippen molar-refractivity contribution in [2.75, 3.05) is 0 Å². The summed E-state index contributed by atoms with van der Waals surface area (Å²) in [7, 11) is 0. The van der Waals surface area contributed by atoms with Crippen molar-refractivity contribution in [1.82, 2.24) is 43.1 Å². The minimum absolute atomic E-state index is 0.919. The zero-order valence-corrected chi connectivity index (χ0v) is 64.0. The topological polar surface area (TPSA) is 90.6 Å². The van der Waals surface area contributed by atoms with Gasteiger partial charge in [-0.15, -0.1) is 34.0 Å². The van der Waals surface area contributed by atoms with Gasteiger partial charge in [-0.1, -0.05) is 218 Å². The second-order valence-corrected chi connectivity index (χ2v) is 33.9. The van der Waals surface area contributed by atoms with Crippen LogP contribution < -0.4 is 0 Å². The Labute approximate surface area is 669 Å². The third-order valence-electron chi connectivity index (χ3n) is 24.5. The molecule has 0 fully saturated rings. The lowest BCUT2D eigenvalue weighted by Crippen LogP contribution is -1.89. The number of rotatable bonds is 3. The number of para-hydroxylation sites is 6. The van der Waals surface area contributed by atoms with Crippen molar-refractivity contribution in [3.63, 3.8) is 0 Å². The summed E-state index contributed by atoms with van der Waals surface area (Å²) in [6.45, 7) is 0. The molecule has 12 heteroatoms. The normalized spacial score (nSPS) is 12.5. The first-order valence-electron chi connectivity index (χ1n) is 39.1. The summed E-state index contributed by atoms with van der Waals surface area (Å²) >= 11 is 5.59. The molecule has 0 saturated heterocycles. The van der Waals surface area contributed by atoms with Crippen LogP contribution in [0.3, 0.4) is 0 Å². The molecule has 0 aliphatic carbocycles. The highest BCUT2D eigenvalue weighted by atomic mass is 32.1. The molecule has 0 aliphatic heterocycles. The third kappa shape index (κ3) is 8.75. The van der Waals surface area contributed by atoms with Crippen LogP contribution in [0.5, 0.6) is 0 Å². The van der Waals surface area contributed by atoms with E-state index in [2.05, 4.69) is 310 Å². The highest BCUT2D eigenvalue weighted by molar-refractivity contribution is 7.27. The molecule has 0 radical (unpaired) electrons. The number of thiophene rings is 3. The summed E-state index contributed by atoms with van der Waals surface area (Å²) in [4.78, 5) is 31.3. The van der Waals surface area contributed by atoms with Crippen molar-refractivity contribution >= 4 is 264 Å². The number of fused-ring (bicyclic) bond motifs is 35. The van der Waals surface area contributed by atoms with Crippen LogP contribution in [0.1, 0.15) is 0 Å². The van der Waals surface area contributed by atoms with Crippen molar-refractivity contribution in [1.29, 1.82) is 0 Å². The van der Waals surface area contributed by atoms with E-state index in [1.807, 2.05) is 70.4 Å². The molecule has 29 rings (SSSR count). The fraction of sp³-hybridized carbons (Fsp3) is 0. The largest absolute Gasteiger partial charge is 0.291 e. The maximum Gasteiger partial charge on any atom is 0.165 e. The SMILES string of the molecule is c1ccc(-c2ccc3c(c2)c2cc4sc5ccccc5c4c4c5nc6ccccc6nc5n3c24)cc1.c1ccc2c(-c3ccc4c(c3)c3cc5sc6ccccc6c5c5c6nc7ccccc7nc6n4c35)cccc2c1.c1ccc2cc(-c3ccc4c(c3)c3cc5sc6ccccc6c5c5c6nc7ccccc7nc6n4c35)ccc2c1. The number of nitrogens with zero attached hydrogens (tertiary/aromatic N) is 9. The van der Waals surface area contributed by atoms with Crippen LogP contribution in [-0.4, -0.2) is 43.1 Å². The van der Waals surface area contributed by atoms with E-state index < -0.39 is 0 Å². The summed E-state index contributed by atoms with van der Waals surface area (Å²) in [5.74, 6) is 0. The van der Waals surface area contributed by atoms with E-state index in [-0.39, 0.29) is 0 Å². The average molecular weight is 1530 g/mol. The number of aromatic nitrogens is 9. The molecule has 0 saturated carbocycles. The van der Waals surface area contributed by atoms with E-state index in [0.29, 0.717) is 0 Å². The van der Waals surface area contributed by atoms with Gasteiger partial charge in [-0.2, -0.15) is 0 Å². The summed E-state index contributed by atoms with van der Waals surface area (Å²) in [5.41, 5.74) is 25.8. The quantitative estimate of drug-likeness (QED) is 0.175. The van der Waals surface area contributed by atoms with Gasteiger partial charge in [0, 0.05) is 109 Å². The minimum atomic E-state index is 0.919. The molecule has 17 aromatic carbocycles. The van der Waals surface area contributed by atoms with Crippen molar-refractivity contribution in [2.24, 2.45) is 0 Å². The third-order valence-corrected chi connectivity index (χ3v) is 27.8. The molecule has 29 aromatic rings. The van der Waals surface area contributed by atoms with Gasteiger partial charge in [-0.25, -0.2) is 29.9 Å². The van der Waals surface area contributed by atoms with Crippen LogP contribution >= 0.6 is 34.0 Å². The monoisotopic (exact) mass is 1530 g/mol. The predicted molar refractivity (Wildman–Crippen MR) is 493 cm³/mol. The number of benzene rings is 17. The fourth-order valence-electron chi connectivity index (χ4n) is 19.4. The molecule has 0 amide bonds. The molecule has 0 aliphatic rings. The maximum absolute atomic E-state index is 5.23. The van der Waals surface area contributed by atoms with E-state index in [4.69, 9.17) is 29.9 Å². The van der Waals surface area contributed by atoms with Crippen LogP contribution in [0.4, 0.5) is 0 Å². The lowest BCUT2D eigenvalue weighted by Gasteiger charge is -2.08. The summed E-state index contributed by atoms with van der Waals surface area (Å²) in [6, 6.07) is 120. The lowest BCUT2D eigenvalue weighted by atomic mass is 9.96. The van der Waals surface area contributed by atoms with Gasteiger partial charge in [0.15, 0.2) is 16.9 Å².